The van der Waals surface area contributed by atoms with Crippen molar-refractivity contribution in [2.45, 2.75) is 34.2 Å². The van der Waals surface area contributed by atoms with Gasteiger partial charge in [-0.05, 0) is 19.8 Å². The van der Waals surface area contributed by atoms with Crippen LogP contribution in [-0.4, -0.2) is 16.3 Å². The van der Waals surface area contributed by atoms with Crippen molar-refractivity contribution in [2.24, 2.45) is 5.92 Å². The lowest BCUT2D eigenvalue weighted by atomic mass is 10.2. The van der Waals surface area contributed by atoms with Gasteiger partial charge in [-0.3, -0.25) is 0 Å². The molecule has 4 heteroatoms. The molecule has 0 aliphatic rings. The standard InChI is InChI=1S/C10H19N3.ClH/c1-5-13-10(6-9(4)12-13)11-7-8(2)3;/h6,8,11H,5,7H2,1-4H3;1H. The zero-order chi connectivity index (χ0) is 9.84. The molecular formula is C10H20ClN3. The van der Waals surface area contributed by atoms with Crippen molar-refractivity contribution >= 4 is 18.2 Å². The van der Waals surface area contributed by atoms with Gasteiger partial charge in [0.1, 0.15) is 5.82 Å². The molecule has 1 rings (SSSR count). The predicted octanol–water partition coefficient (Wildman–Crippen LogP) is 2.70. The highest BCUT2D eigenvalue weighted by Crippen LogP contribution is 2.10. The molecule has 1 heterocycles. The highest BCUT2D eigenvalue weighted by Gasteiger charge is 2.03. The van der Waals surface area contributed by atoms with Crippen LogP contribution in [0.1, 0.15) is 26.5 Å². The lowest BCUT2D eigenvalue weighted by Crippen LogP contribution is -2.12. The zero-order valence-electron chi connectivity index (χ0n) is 9.37. The molecule has 0 radical (unpaired) electrons. The summed E-state index contributed by atoms with van der Waals surface area (Å²) in [7, 11) is 0. The molecule has 0 fully saturated rings. The smallest absolute Gasteiger partial charge is 0.124 e. The minimum atomic E-state index is 0. The molecule has 1 N–H and O–H groups in total. The number of nitrogens with zero attached hydrogens (tertiary/aromatic N) is 2. The normalized spacial score (nSPS) is 10.1. The fraction of sp³-hybridized carbons (Fsp3) is 0.700. The van der Waals surface area contributed by atoms with Crippen molar-refractivity contribution in [3.05, 3.63) is 11.8 Å². The minimum Gasteiger partial charge on any atom is -0.370 e. The van der Waals surface area contributed by atoms with Crippen LogP contribution in [0.15, 0.2) is 6.07 Å². The molecule has 82 valence electrons. The summed E-state index contributed by atoms with van der Waals surface area (Å²) in [6.45, 7) is 10.5. The second-order valence-electron chi connectivity index (χ2n) is 3.76. The molecule has 0 aliphatic heterocycles. The number of hydrogen-bond donors (Lipinski definition) is 1. The molecule has 0 atom stereocenters. The number of nitrogens with one attached hydrogen (secondary N) is 1. The molecule has 0 saturated carbocycles. The number of aromatic nitrogens is 2. The topological polar surface area (TPSA) is 29.9 Å². The largest absolute Gasteiger partial charge is 0.370 e. The van der Waals surface area contributed by atoms with Gasteiger partial charge in [-0.2, -0.15) is 5.10 Å². The fourth-order valence-corrected chi connectivity index (χ4v) is 1.24. The van der Waals surface area contributed by atoms with E-state index in [2.05, 4.69) is 37.3 Å². The first-order chi connectivity index (χ1) is 6.13. The Morgan fingerprint density at radius 1 is 1.50 bits per heavy atom. The van der Waals surface area contributed by atoms with Gasteiger partial charge >= 0.3 is 0 Å². The molecule has 1 aromatic rings. The number of hydrogen-bond acceptors (Lipinski definition) is 2. The molecule has 0 bridgehead atoms. The molecule has 1 aromatic heterocycles. The maximum atomic E-state index is 4.36. The Balaban J connectivity index is 0.00000169. The van der Waals surface area contributed by atoms with Gasteiger partial charge in [0.2, 0.25) is 0 Å². The molecule has 0 saturated heterocycles. The van der Waals surface area contributed by atoms with Crippen molar-refractivity contribution in [3.63, 3.8) is 0 Å². The van der Waals surface area contributed by atoms with Gasteiger partial charge in [0.15, 0.2) is 0 Å². The van der Waals surface area contributed by atoms with E-state index in [1.54, 1.807) is 0 Å². The van der Waals surface area contributed by atoms with Crippen molar-refractivity contribution in [3.8, 4) is 0 Å². The summed E-state index contributed by atoms with van der Waals surface area (Å²) < 4.78 is 2.00. The summed E-state index contributed by atoms with van der Waals surface area (Å²) in [6, 6.07) is 2.09. The van der Waals surface area contributed by atoms with Gasteiger partial charge in [-0.25, -0.2) is 4.68 Å². The van der Waals surface area contributed by atoms with Crippen LogP contribution >= 0.6 is 12.4 Å². The van der Waals surface area contributed by atoms with Crippen LogP contribution < -0.4 is 5.32 Å². The molecule has 0 unspecified atom stereocenters. The summed E-state index contributed by atoms with van der Waals surface area (Å²) in [5.41, 5.74) is 1.08. The summed E-state index contributed by atoms with van der Waals surface area (Å²) in [4.78, 5) is 0. The predicted molar refractivity (Wildman–Crippen MR) is 63.2 cm³/mol. The molecule has 0 aromatic carbocycles. The first kappa shape index (κ1) is 13.3. The summed E-state index contributed by atoms with van der Waals surface area (Å²) >= 11 is 0. The lowest BCUT2D eigenvalue weighted by Gasteiger charge is -2.09. The van der Waals surface area contributed by atoms with E-state index in [1.807, 2.05) is 11.6 Å². The third-order valence-corrected chi connectivity index (χ3v) is 1.89. The monoisotopic (exact) mass is 217 g/mol. The van der Waals surface area contributed by atoms with Crippen LogP contribution in [0.5, 0.6) is 0 Å². The molecule has 0 amide bonds. The number of anilines is 1. The van der Waals surface area contributed by atoms with E-state index >= 15 is 0 Å². The highest BCUT2D eigenvalue weighted by atomic mass is 35.5. The Bertz CT molecular complexity index is 268. The zero-order valence-corrected chi connectivity index (χ0v) is 10.2. The second kappa shape index (κ2) is 5.91. The molecule has 3 nitrogen and oxygen atoms in total. The van der Waals surface area contributed by atoms with E-state index in [0.717, 1.165) is 24.6 Å². The third-order valence-electron chi connectivity index (χ3n) is 1.89. The van der Waals surface area contributed by atoms with E-state index in [0.29, 0.717) is 5.92 Å². The van der Waals surface area contributed by atoms with Crippen molar-refractivity contribution < 1.29 is 0 Å². The Morgan fingerprint density at radius 2 is 2.14 bits per heavy atom. The first-order valence-corrected chi connectivity index (χ1v) is 4.91. The Morgan fingerprint density at radius 3 is 2.64 bits per heavy atom. The van der Waals surface area contributed by atoms with Gasteiger partial charge in [-0.15, -0.1) is 12.4 Å². The van der Waals surface area contributed by atoms with E-state index in [-0.39, 0.29) is 12.4 Å². The Kier molecular flexibility index (Phi) is 5.62. The van der Waals surface area contributed by atoms with Crippen LogP contribution in [0.25, 0.3) is 0 Å². The van der Waals surface area contributed by atoms with Crippen molar-refractivity contribution in [2.75, 3.05) is 11.9 Å². The van der Waals surface area contributed by atoms with Gasteiger partial charge in [0.25, 0.3) is 0 Å². The van der Waals surface area contributed by atoms with Crippen molar-refractivity contribution in [1.29, 1.82) is 0 Å². The van der Waals surface area contributed by atoms with Crippen LogP contribution in [0.2, 0.25) is 0 Å². The third kappa shape index (κ3) is 3.58. The van der Waals surface area contributed by atoms with Gasteiger partial charge in [-0.1, -0.05) is 13.8 Å². The molecular weight excluding hydrogens is 198 g/mol. The van der Waals surface area contributed by atoms with E-state index in [4.69, 9.17) is 0 Å². The van der Waals surface area contributed by atoms with Crippen molar-refractivity contribution in [1.82, 2.24) is 9.78 Å². The fourth-order valence-electron chi connectivity index (χ4n) is 1.24. The molecule has 0 aliphatic carbocycles. The van der Waals surface area contributed by atoms with Gasteiger partial charge in [0, 0.05) is 19.2 Å². The highest BCUT2D eigenvalue weighted by molar-refractivity contribution is 5.85. The number of aryl methyl sites for hydroxylation is 2. The lowest BCUT2D eigenvalue weighted by molar-refractivity contribution is 0.639. The summed E-state index contributed by atoms with van der Waals surface area (Å²) in [6.07, 6.45) is 0. The number of rotatable bonds is 4. The van der Waals surface area contributed by atoms with E-state index in [9.17, 15) is 0 Å². The maximum Gasteiger partial charge on any atom is 0.124 e. The number of halogens is 1. The Labute approximate surface area is 92.3 Å². The van der Waals surface area contributed by atoms with E-state index < -0.39 is 0 Å². The average molecular weight is 218 g/mol. The van der Waals surface area contributed by atoms with Gasteiger partial charge in [0.05, 0.1) is 5.69 Å². The van der Waals surface area contributed by atoms with Gasteiger partial charge < -0.3 is 5.32 Å². The maximum absolute atomic E-state index is 4.36. The second-order valence-corrected chi connectivity index (χ2v) is 3.76. The van der Waals surface area contributed by atoms with Crippen LogP contribution in [0, 0.1) is 12.8 Å². The first-order valence-electron chi connectivity index (χ1n) is 4.91. The Hall–Kier alpha value is -0.700. The summed E-state index contributed by atoms with van der Waals surface area (Å²) in [5, 5.41) is 7.75. The molecule has 0 spiro atoms. The van der Waals surface area contributed by atoms with E-state index in [1.165, 1.54) is 0 Å². The van der Waals surface area contributed by atoms with Crippen LogP contribution in [0.3, 0.4) is 0 Å². The summed E-state index contributed by atoms with van der Waals surface area (Å²) in [5.74, 6) is 1.80. The minimum absolute atomic E-state index is 0. The quantitative estimate of drug-likeness (QED) is 0.841. The van der Waals surface area contributed by atoms with Crippen LogP contribution in [0.4, 0.5) is 5.82 Å². The molecule has 14 heavy (non-hydrogen) atoms. The average Bonchev–Trinajstić information content (AvgIpc) is 2.42. The SMILES string of the molecule is CCn1nc(C)cc1NCC(C)C.Cl. The van der Waals surface area contributed by atoms with Crippen LogP contribution in [-0.2, 0) is 6.54 Å².